The molecule has 5 nitrogen and oxygen atoms in total. The van der Waals surface area contributed by atoms with E-state index in [-0.39, 0.29) is 23.9 Å². The minimum atomic E-state index is -0.134. The molecule has 144 valence electrons. The fraction of sp³-hybridized carbons (Fsp3) is 0.364. The van der Waals surface area contributed by atoms with Crippen molar-refractivity contribution in [2.45, 2.75) is 44.9 Å². The normalized spacial score (nSPS) is 23.9. The lowest BCUT2D eigenvalue weighted by Gasteiger charge is -2.27. The molecule has 0 saturated heterocycles. The summed E-state index contributed by atoms with van der Waals surface area (Å²) >= 11 is 0. The van der Waals surface area contributed by atoms with E-state index in [1.54, 1.807) is 12.4 Å². The molecule has 1 N–H and O–H groups in total. The van der Waals surface area contributed by atoms with Gasteiger partial charge in [0.15, 0.2) is 0 Å². The molecule has 3 aromatic rings. The predicted molar refractivity (Wildman–Crippen MR) is 106 cm³/mol. The van der Waals surface area contributed by atoms with Crippen LogP contribution >= 0.6 is 0 Å². The average molecular weight is 378 g/mol. The van der Waals surface area contributed by atoms with Gasteiger partial charge in [-0.3, -0.25) is 0 Å². The minimum absolute atomic E-state index is 0.0443. The molecular weight excluding hydrogens is 355 g/mol. The molecule has 2 aliphatic rings. The molecule has 0 spiro atoms. The molecule has 1 aliphatic heterocycles. The topological polar surface area (TPSA) is 52.0 Å². The molecule has 2 aromatic heterocycles. The second kappa shape index (κ2) is 6.71. The maximum Gasteiger partial charge on any atom is 0.144 e. The number of hydrogen-bond acceptors (Lipinski definition) is 4. The number of aryl methyl sites for hydroxylation is 1. The van der Waals surface area contributed by atoms with E-state index in [2.05, 4.69) is 44.3 Å². The predicted octanol–water partition coefficient (Wildman–Crippen LogP) is 4.03. The molecule has 28 heavy (non-hydrogen) atoms. The molecule has 1 aliphatic carbocycles. The number of nitrogens with zero attached hydrogens (tertiary/aromatic N) is 3. The second-order valence-corrected chi connectivity index (χ2v) is 7.73. The zero-order valence-electron chi connectivity index (χ0n) is 16.0. The van der Waals surface area contributed by atoms with E-state index >= 15 is 0 Å². The van der Waals surface area contributed by atoms with Crippen molar-refractivity contribution >= 4 is 11.0 Å². The third kappa shape index (κ3) is 2.79. The summed E-state index contributed by atoms with van der Waals surface area (Å²) in [6.45, 7) is 5.48. The quantitative estimate of drug-likeness (QED) is 0.699. The summed E-state index contributed by atoms with van der Waals surface area (Å²) in [5.41, 5.74) is 3.67. The monoisotopic (exact) mass is 378 g/mol. The molecule has 3 atom stereocenters. The molecule has 3 heterocycles. The van der Waals surface area contributed by atoms with Crippen LogP contribution in [-0.2, 0) is 6.54 Å². The molecule has 0 fully saturated rings. The summed E-state index contributed by atoms with van der Waals surface area (Å²) in [7, 11) is 0. The van der Waals surface area contributed by atoms with Gasteiger partial charge < -0.3 is 14.6 Å². The number of ether oxygens (including phenoxy) is 1. The first kappa shape index (κ1) is 17.4. The maximum absolute atomic E-state index is 14.3. The molecule has 5 rings (SSSR count). The Hall–Kier alpha value is -2.73. The molecule has 0 bridgehead atoms. The van der Waals surface area contributed by atoms with Gasteiger partial charge in [0.05, 0.1) is 11.7 Å². The van der Waals surface area contributed by atoms with Gasteiger partial charge in [-0.1, -0.05) is 13.0 Å². The summed E-state index contributed by atoms with van der Waals surface area (Å²) in [6.07, 6.45) is 8.71. The number of rotatable bonds is 3. The lowest BCUT2D eigenvalue weighted by Crippen LogP contribution is -2.28. The van der Waals surface area contributed by atoms with Crippen LogP contribution in [0.15, 0.2) is 42.9 Å². The van der Waals surface area contributed by atoms with E-state index in [4.69, 9.17) is 4.74 Å². The van der Waals surface area contributed by atoms with Gasteiger partial charge >= 0.3 is 0 Å². The van der Waals surface area contributed by atoms with Crippen molar-refractivity contribution in [2.75, 3.05) is 6.54 Å². The number of allylic oxidation sites excluding steroid dienone is 1. The van der Waals surface area contributed by atoms with Crippen LogP contribution in [0.4, 0.5) is 4.39 Å². The summed E-state index contributed by atoms with van der Waals surface area (Å²) in [5, 5.41) is 4.43. The number of fused-ring (bicyclic) bond motifs is 2. The van der Waals surface area contributed by atoms with Crippen molar-refractivity contribution in [1.29, 1.82) is 0 Å². The van der Waals surface area contributed by atoms with Crippen LogP contribution in [-0.4, -0.2) is 27.2 Å². The lowest BCUT2D eigenvalue weighted by atomic mass is 9.91. The highest BCUT2D eigenvalue weighted by atomic mass is 19.1. The largest absolute Gasteiger partial charge is 0.486 e. The second-order valence-electron chi connectivity index (χ2n) is 7.73. The highest BCUT2D eigenvalue weighted by molar-refractivity contribution is 5.78. The van der Waals surface area contributed by atoms with Crippen molar-refractivity contribution < 1.29 is 9.13 Å². The van der Waals surface area contributed by atoms with Crippen LogP contribution in [0.3, 0.4) is 0 Å². The Labute approximate surface area is 163 Å². The van der Waals surface area contributed by atoms with Crippen molar-refractivity contribution in [3.63, 3.8) is 0 Å². The Morgan fingerprint density at radius 3 is 3.00 bits per heavy atom. The van der Waals surface area contributed by atoms with Crippen molar-refractivity contribution in [1.82, 2.24) is 19.9 Å². The van der Waals surface area contributed by atoms with E-state index in [0.717, 1.165) is 46.6 Å². The summed E-state index contributed by atoms with van der Waals surface area (Å²) in [4.78, 5) is 8.73. The third-order valence-electron chi connectivity index (χ3n) is 5.87. The van der Waals surface area contributed by atoms with E-state index in [0.29, 0.717) is 6.54 Å². The Balaban J connectivity index is 1.39. The van der Waals surface area contributed by atoms with E-state index in [1.165, 1.54) is 6.07 Å². The van der Waals surface area contributed by atoms with Gasteiger partial charge in [0.2, 0.25) is 0 Å². The van der Waals surface area contributed by atoms with Gasteiger partial charge in [0.25, 0.3) is 0 Å². The van der Waals surface area contributed by atoms with E-state index in [9.17, 15) is 4.39 Å². The number of benzene rings is 1. The summed E-state index contributed by atoms with van der Waals surface area (Å²) in [5.74, 6) is 0.791. The zero-order valence-corrected chi connectivity index (χ0v) is 16.0. The zero-order chi connectivity index (χ0) is 19.3. The van der Waals surface area contributed by atoms with Crippen molar-refractivity contribution in [3.8, 4) is 5.75 Å². The van der Waals surface area contributed by atoms with Gasteiger partial charge in [-0.15, -0.1) is 0 Å². The van der Waals surface area contributed by atoms with Crippen molar-refractivity contribution in [3.05, 3.63) is 65.5 Å². The van der Waals surface area contributed by atoms with E-state index < -0.39 is 0 Å². The van der Waals surface area contributed by atoms with Gasteiger partial charge in [-0.25, -0.2) is 14.4 Å². The molecule has 0 saturated carbocycles. The van der Waals surface area contributed by atoms with Gasteiger partial charge in [-0.05, 0) is 37.1 Å². The Morgan fingerprint density at radius 2 is 2.11 bits per heavy atom. The van der Waals surface area contributed by atoms with Crippen LogP contribution in [0.25, 0.3) is 11.0 Å². The van der Waals surface area contributed by atoms with Crippen LogP contribution in [0.2, 0.25) is 0 Å². The third-order valence-corrected chi connectivity index (χ3v) is 5.87. The number of hydrogen-bond donors (Lipinski definition) is 1. The molecule has 6 heteroatoms. The lowest BCUT2D eigenvalue weighted by molar-refractivity contribution is 0.232. The van der Waals surface area contributed by atoms with Gasteiger partial charge in [0, 0.05) is 42.2 Å². The van der Waals surface area contributed by atoms with Crippen molar-refractivity contribution in [2.24, 2.45) is 0 Å². The standard InChI is InChI=1S/C22H23FN4O/c1-13-10-24-11-18-20(6-5-19(23)21(13)18)28-16-4-3-15(9-16)27-8-7-17-14(2)25-12-26-22(17)27/h3-8,12-13,15-16,24H,9-11H2,1-2H3/t13?,15-,16+/m0/s1. The highest BCUT2D eigenvalue weighted by Crippen LogP contribution is 2.36. The Kier molecular flexibility index (Phi) is 4.16. The first-order chi connectivity index (χ1) is 13.6. The minimum Gasteiger partial charge on any atom is -0.486 e. The molecular formula is C22H23FN4O. The average Bonchev–Trinajstić information content (AvgIpc) is 3.31. The molecule has 1 aromatic carbocycles. The van der Waals surface area contributed by atoms with Crippen LogP contribution in [0.5, 0.6) is 5.75 Å². The van der Waals surface area contributed by atoms with Gasteiger partial charge in [0.1, 0.15) is 29.6 Å². The summed E-state index contributed by atoms with van der Waals surface area (Å²) < 4.78 is 22.8. The fourth-order valence-corrected chi connectivity index (χ4v) is 4.43. The number of aromatic nitrogens is 3. The first-order valence-electron chi connectivity index (χ1n) is 9.77. The van der Waals surface area contributed by atoms with E-state index in [1.807, 2.05) is 13.8 Å². The molecule has 0 radical (unpaired) electrons. The fourth-order valence-electron chi connectivity index (χ4n) is 4.43. The van der Waals surface area contributed by atoms with Crippen LogP contribution in [0, 0.1) is 12.7 Å². The Bertz CT molecular complexity index is 1070. The SMILES string of the molecule is Cc1ncnc2c1ccn2[C@H]1C=C[C@@H](Oc2ccc(F)c3c2CNCC3C)C1. The Morgan fingerprint density at radius 1 is 1.21 bits per heavy atom. The molecule has 1 unspecified atom stereocenters. The first-order valence-corrected chi connectivity index (χ1v) is 9.77. The molecule has 0 amide bonds. The smallest absolute Gasteiger partial charge is 0.144 e. The van der Waals surface area contributed by atoms with Gasteiger partial charge in [-0.2, -0.15) is 0 Å². The number of halogens is 1. The van der Waals surface area contributed by atoms with Crippen LogP contribution < -0.4 is 10.1 Å². The highest BCUT2D eigenvalue weighted by Gasteiger charge is 2.27. The number of nitrogens with one attached hydrogen (secondary N) is 1. The summed E-state index contributed by atoms with van der Waals surface area (Å²) in [6, 6.07) is 5.54. The van der Waals surface area contributed by atoms with Crippen LogP contribution in [0.1, 0.15) is 42.1 Å². The maximum atomic E-state index is 14.3.